The summed E-state index contributed by atoms with van der Waals surface area (Å²) in [5.74, 6) is -1.67. The zero-order valence-corrected chi connectivity index (χ0v) is 19.9. The predicted octanol–water partition coefficient (Wildman–Crippen LogP) is -2.36. The van der Waals surface area contributed by atoms with Crippen molar-refractivity contribution in [2.24, 2.45) is 0 Å². The Balaban J connectivity index is 2.25. The van der Waals surface area contributed by atoms with Crippen LogP contribution in [0.2, 0.25) is 0 Å². The van der Waals surface area contributed by atoms with Gasteiger partial charge in [-0.3, -0.25) is 0 Å². The quantitative estimate of drug-likeness (QED) is 0.151. The maximum atomic E-state index is 12.2. The Morgan fingerprint density at radius 1 is 0.714 bits per heavy atom. The molecular formula is C22H34O13. The summed E-state index contributed by atoms with van der Waals surface area (Å²) < 4.78 is 26.6. The molecule has 0 aromatic rings. The number of carbonyl (C=O) groups is 2. The Morgan fingerprint density at radius 3 is 1.34 bits per heavy atom. The summed E-state index contributed by atoms with van der Waals surface area (Å²) in [6, 6.07) is 0. The third-order valence-corrected chi connectivity index (χ3v) is 5.91. The number of allylic oxidation sites excluding steroid dienone is 2. The predicted molar refractivity (Wildman–Crippen MR) is 115 cm³/mol. The Kier molecular flexibility index (Phi) is 10.8. The molecule has 10 unspecified atom stereocenters. The van der Waals surface area contributed by atoms with Gasteiger partial charge in [0.25, 0.3) is 0 Å². The maximum absolute atomic E-state index is 12.2. The average molecular weight is 507 g/mol. The number of aliphatic hydroxyl groups is 6. The van der Waals surface area contributed by atoms with Gasteiger partial charge in [0, 0.05) is 11.1 Å². The SMILES string of the molecule is C/C=C(/C)C(=O)OC1C(O)C(CO)OC(OC2OC(CO)C(O)C(OC(=O)/C(C)=C\C)C2O)C1O. The zero-order chi connectivity index (χ0) is 26.4. The van der Waals surface area contributed by atoms with E-state index in [1.165, 1.54) is 26.0 Å². The number of rotatable bonds is 8. The van der Waals surface area contributed by atoms with E-state index < -0.39 is 86.6 Å². The molecule has 0 bridgehead atoms. The number of hydrogen-bond acceptors (Lipinski definition) is 13. The van der Waals surface area contributed by atoms with Crippen LogP contribution in [0.4, 0.5) is 0 Å². The largest absolute Gasteiger partial charge is 0.453 e. The highest BCUT2D eigenvalue weighted by Gasteiger charge is 2.52. The lowest BCUT2D eigenvalue weighted by atomic mass is 9.97. The van der Waals surface area contributed by atoms with Gasteiger partial charge >= 0.3 is 11.9 Å². The highest BCUT2D eigenvalue weighted by Crippen LogP contribution is 2.30. The monoisotopic (exact) mass is 506 g/mol. The first-order chi connectivity index (χ1) is 16.5. The van der Waals surface area contributed by atoms with E-state index in [1.54, 1.807) is 13.8 Å². The molecular weight excluding hydrogens is 472 g/mol. The number of aliphatic hydroxyl groups excluding tert-OH is 6. The molecule has 10 atom stereocenters. The molecule has 6 N–H and O–H groups in total. The minimum Gasteiger partial charge on any atom is -0.453 e. The molecule has 0 radical (unpaired) electrons. The van der Waals surface area contributed by atoms with Crippen molar-refractivity contribution in [3.05, 3.63) is 23.3 Å². The van der Waals surface area contributed by atoms with Crippen molar-refractivity contribution in [3.63, 3.8) is 0 Å². The topological polar surface area (TPSA) is 202 Å². The van der Waals surface area contributed by atoms with Gasteiger partial charge in [0.2, 0.25) is 0 Å². The van der Waals surface area contributed by atoms with Crippen LogP contribution in [0.3, 0.4) is 0 Å². The molecule has 2 aliphatic rings. The summed E-state index contributed by atoms with van der Waals surface area (Å²) >= 11 is 0. The molecule has 0 spiro atoms. The maximum Gasteiger partial charge on any atom is 0.333 e. The number of esters is 2. The Hall–Kier alpha value is -1.94. The van der Waals surface area contributed by atoms with Crippen molar-refractivity contribution >= 4 is 11.9 Å². The lowest BCUT2D eigenvalue weighted by Gasteiger charge is -2.45. The number of ether oxygens (including phenoxy) is 5. The number of hydrogen-bond donors (Lipinski definition) is 6. The minimum atomic E-state index is -1.80. The summed E-state index contributed by atoms with van der Waals surface area (Å²) in [7, 11) is 0. The molecule has 2 rings (SSSR count). The van der Waals surface area contributed by atoms with E-state index in [4.69, 9.17) is 23.7 Å². The second-order valence-electron chi connectivity index (χ2n) is 8.23. The normalized spacial score (nSPS) is 38.7. The van der Waals surface area contributed by atoms with Gasteiger partial charge in [-0.05, 0) is 27.7 Å². The first kappa shape index (κ1) is 29.3. The molecule has 0 aromatic carbocycles. The van der Waals surface area contributed by atoms with E-state index in [-0.39, 0.29) is 11.1 Å². The summed E-state index contributed by atoms with van der Waals surface area (Å²) in [5, 5.41) is 61.4. The van der Waals surface area contributed by atoms with Gasteiger partial charge in [0.05, 0.1) is 13.2 Å². The fraction of sp³-hybridized carbons (Fsp3) is 0.727. The van der Waals surface area contributed by atoms with Gasteiger partial charge in [0.1, 0.15) is 36.6 Å². The first-order valence-corrected chi connectivity index (χ1v) is 11.1. The third-order valence-electron chi connectivity index (χ3n) is 5.91. The zero-order valence-electron chi connectivity index (χ0n) is 19.9. The van der Waals surface area contributed by atoms with E-state index in [2.05, 4.69) is 0 Å². The fourth-order valence-corrected chi connectivity index (χ4v) is 3.41. The van der Waals surface area contributed by atoms with Crippen LogP contribution in [0.1, 0.15) is 27.7 Å². The second kappa shape index (κ2) is 12.9. The molecule has 2 aliphatic heterocycles. The van der Waals surface area contributed by atoms with E-state index >= 15 is 0 Å². The lowest BCUT2D eigenvalue weighted by molar-refractivity contribution is -0.376. The Labute approximate surface area is 202 Å². The van der Waals surface area contributed by atoms with Crippen molar-refractivity contribution in [2.45, 2.75) is 89.1 Å². The highest BCUT2D eigenvalue weighted by atomic mass is 16.8. The van der Waals surface area contributed by atoms with Crippen LogP contribution in [0.25, 0.3) is 0 Å². The molecule has 0 amide bonds. The van der Waals surface area contributed by atoms with Crippen LogP contribution in [0.5, 0.6) is 0 Å². The molecule has 13 nitrogen and oxygen atoms in total. The molecule has 2 heterocycles. The minimum absolute atomic E-state index is 0.195. The Morgan fingerprint density at radius 2 is 1.06 bits per heavy atom. The van der Waals surface area contributed by atoms with Crippen LogP contribution < -0.4 is 0 Å². The van der Waals surface area contributed by atoms with E-state index in [0.717, 1.165) is 0 Å². The van der Waals surface area contributed by atoms with E-state index in [9.17, 15) is 40.2 Å². The van der Waals surface area contributed by atoms with Gasteiger partial charge in [-0.2, -0.15) is 0 Å². The van der Waals surface area contributed by atoms with Crippen LogP contribution in [-0.4, -0.2) is 117 Å². The summed E-state index contributed by atoms with van der Waals surface area (Å²) in [4.78, 5) is 24.4. The molecule has 2 fully saturated rings. The van der Waals surface area contributed by atoms with Crippen LogP contribution in [-0.2, 0) is 33.3 Å². The van der Waals surface area contributed by atoms with E-state index in [1.807, 2.05) is 0 Å². The first-order valence-electron chi connectivity index (χ1n) is 11.1. The molecule has 0 aliphatic carbocycles. The lowest BCUT2D eigenvalue weighted by Crippen LogP contribution is -2.64. The molecule has 0 saturated carbocycles. The van der Waals surface area contributed by atoms with Gasteiger partial charge in [-0.1, -0.05) is 12.2 Å². The standard InChI is InChI=1S/C22H34O13/c1-5-9(3)19(29)33-17-13(25)11(7-23)31-21(15(17)27)35-22-16(28)18(14(26)12(8-24)32-22)34-20(30)10(4)6-2/h5-6,11-18,21-28H,7-8H2,1-4H3/b9-5-,10-6-. The van der Waals surface area contributed by atoms with Crippen LogP contribution in [0, 0.1) is 0 Å². The van der Waals surface area contributed by atoms with Crippen molar-refractivity contribution in [1.29, 1.82) is 0 Å². The smallest absolute Gasteiger partial charge is 0.333 e. The highest BCUT2D eigenvalue weighted by molar-refractivity contribution is 5.88. The summed E-state index contributed by atoms with van der Waals surface area (Å²) in [5.41, 5.74) is 0.390. The van der Waals surface area contributed by atoms with Crippen molar-refractivity contribution in [3.8, 4) is 0 Å². The molecule has 13 heteroatoms. The van der Waals surface area contributed by atoms with Crippen molar-refractivity contribution < 1.29 is 63.9 Å². The van der Waals surface area contributed by atoms with Crippen molar-refractivity contribution in [1.82, 2.24) is 0 Å². The van der Waals surface area contributed by atoms with Crippen LogP contribution >= 0.6 is 0 Å². The van der Waals surface area contributed by atoms with Crippen LogP contribution in [0.15, 0.2) is 23.3 Å². The van der Waals surface area contributed by atoms with E-state index in [0.29, 0.717) is 0 Å². The van der Waals surface area contributed by atoms with Gasteiger partial charge < -0.3 is 54.3 Å². The molecule has 200 valence electrons. The summed E-state index contributed by atoms with van der Waals surface area (Å²) in [6.07, 6.45) is -13.2. The molecule has 2 saturated heterocycles. The van der Waals surface area contributed by atoms with Gasteiger partial charge in [-0.25, -0.2) is 9.59 Å². The Bertz CT molecular complexity index is 732. The molecule has 35 heavy (non-hydrogen) atoms. The second-order valence-corrected chi connectivity index (χ2v) is 8.23. The van der Waals surface area contributed by atoms with Crippen molar-refractivity contribution in [2.75, 3.05) is 13.2 Å². The number of carbonyl (C=O) groups excluding carboxylic acids is 2. The van der Waals surface area contributed by atoms with Gasteiger partial charge in [0.15, 0.2) is 24.8 Å². The average Bonchev–Trinajstić information content (AvgIpc) is 2.85. The third kappa shape index (κ3) is 6.64. The summed E-state index contributed by atoms with van der Waals surface area (Å²) in [6.45, 7) is 4.62. The fourth-order valence-electron chi connectivity index (χ4n) is 3.41. The van der Waals surface area contributed by atoms with Gasteiger partial charge in [-0.15, -0.1) is 0 Å². The molecule has 0 aromatic heterocycles.